The molecule has 2 aromatic heterocycles. The molecule has 0 saturated carbocycles. The van der Waals surface area contributed by atoms with Crippen molar-refractivity contribution in [3.8, 4) is 0 Å². The van der Waals surface area contributed by atoms with Crippen molar-refractivity contribution in [1.29, 1.82) is 0 Å². The third-order valence-electron chi connectivity index (χ3n) is 3.33. The highest BCUT2D eigenvalue weighted by atomic mass is 35.5. The quantitative estimate of drug-likeness (QED) is 0.698. The van der Waals surface area contributed by atoms with Crippen molar-refractivity contribution >= 4 is 52.0 Å². The summed E-state index contributed by atoms with van der Waals surface area (Å²) in [6.07, 6.45) is 2.29. The number of rotatable bonds is 3. The van der Waals surface area contributed by atoms with Crippen LogP contribution < -0.4 is 5.32 Å². The molecule has 0 saturated heterocycles. The second kappa shape index (κ2) is 6.40. The molecule has 0 spiro atoms. The van der Waals surface area contributed by atoms with E-state index in [-0.39, 0.29) is 5.91 Å². The Balaban J connectivity index is 2.04. The summed E-state index contributed by atoms with van der Waals surface area (Å²) in [5.74, 6) is -0.296. The smallest absolute Gasteiger partial charge is 0.274 e. The zero-order valence-corrected chi connectivity index (χ0v) is 14.4. The van der Waals surface area contributed by atoms with Gasteiger partial charge in [-0.25, -0.2) is 4.98 Å². The van der Waals surface area contributed by atoms with Crippen LogP contribution in [0.1, 0.15) is 23.1 Å². The number of amides is 1. The molecule has 7 heteroatoms. The number of carbonyl (C=O) groups excluding carboxylic acids is 1. The summed E-state index contributed by atoms with van der Waals surface area (Å²) in [6.45, 7) is 1.94. The number of imidazole rings is 1. The van der Waals surface area contributed by atoms with E-state index in [1.807, 2.05) is 6.92 Å². The van der Waals surface area contributed by atoms with E-state index in [2.05, 4.69) is 10.3 Å². The van der Waals surface area contributed by atoms with Crippen LogP contribution in [0.15, 0.2) is 36.5 Å². The van der Waals surface area contributed by atoms with Crippen LogP contribution in [0.3, 0.4) is 0 Å². The second-order valence-electron chi connectivity index (χ2n) is 4.95. The Labute approximate surface area is 148 Å². The lowest BCUT2D eigenvalue weighted by Gasteiger charge is -2.08. The number of nitrogens with zero attached hydrogens (tertiary/aromatic N) is 2. The first-order valence-corrected chi connectivity index (χ1v) is 8.05. The van der Waals surface area contributed by atoms with Crippen molar-refractivity contribution < 1.29 is 4.79 Å². The second-order valence-corrected chi connectivity index (χ2v) is 6.26. The number of fused-ring (bicyclic) bond motifs is 1. The van der Waals surface area contributed by atoms with Crippen molar-refractivity contribution in [2.45, 2.75) is 13.3 Å². The molecule has 0 fully saturated rings. The van der Waals surface area contributed by atoms with Gasteiger partial charge >= 0.3 is 0 Å². The average molecular weight is 369 g/mol. The summed E-state index contributed by atoms with van der Waals surface area (Å²) in [4.78, 5) is 17.2. The van der Waals surface area contributed by atoms with Crippen LogP contribution in [0.4, 0.5) is 5.69 Å². The molecule has 0 aliphatic rings. The predicted octanol–water partition coefficient (Wildman–Crippen LogP) is 5.11. The highest BCUT2D eigenvalue weighted by molar-refractivity contribution is 6.35. The summed E-state index contributed by atoms with van der Waals surface area (Å²) < 4.78 is 1.68. The maximum Gasteiger partial charge on any atom is 0.274 e. The molecule has 0 aliphatic carbocycles. The molecule has 0 radical (unpaired) electrons. The molecule has 1 N–H and O–H groups in total. The van der Waals surface area contributed by atoms with Gasteiger partial charge in [0.2, 0.25) is 0 Å². The van der Waals surface area contributed by atoms with Gasteiger partial charge in [0.1, 0.15) is 11.3 Å². The van der Waals surface area contributed by atoms with Crippen molar-refractivity contribution in [3.63, 3.8) is 0 Å². The third-order valence-corrected chi connectivity index (χ3v) is 3.99. The van der Waals surface area contributed by atoms with E-state index in [0.717, 1.165) is 0 Å². The van der Waals surface area contributed by atoms with Gasteiger partial charge in [-0.15, -0.1) is 0 Å². The van der Waals surface area contributed by atoms with Crippen LogP contribution >= 0.6 is 34.8 Å². The fourth-order valence-electron chi connectivity index (χ4n) is 2.37. The highest BCUT2D eigenvalue weighted by Crippen LogP contribution is 2.24. The number of aromatic nitrogens is 2. The number of aryl methyl sites for hydroxylation is 1. The lowest BCUT2D eigenvalue weighted by molar-refractivity contribution is 0.102. The molecule has 1 aromatic carbocycles. The van der Waals surface area contributed by atoms with Gasteiger partial charge in [0.15, 0.2) is 0 Å². The van der Waals surface area contributed by atoms with Gasteiger partial charge in [0, 0.05) is 21.9 Å². The first kappa shape index (κ1) is 16.1. The first-order valence-electron chi connectivity index (χ1n) is 6.92. The number of benzene rings is 1. The van der Waals surface area contributed by atoms with Gasteiger partial charge in [-0.3, -0.25) is 9.20 Å². The van der Waals surface area contributed by atoms with Gasteiger partial charge in [-0.2, -0.15) is 0 Å². The first-order chi connectivity index (χ1) is 11.0. The molecular formula is C16H12Cl3N3O. The maximum absolute atomic E-state index is 12.7. The Morgan fingerprint density at radius 1 is 1.13 bits per heavy atom. The fourth-order valence-corrected chi connectivity index (χ4v) is 3.06. The lowest BCUT2D eigenvalue weighted by Crippen LogP contribution is -2.16. The summed E-state index contributed by atoms with van der Waals surface area (Å²) in [7, 11) is 0. The van der Waals surface area contributed by atoms with Crippen LogP contribution in [-0.4, -0.2) is 15.3 Å². The number of nitrogens with one attached hydrogen (secondary N) is 1. The van der Waals surface area contributed by atoms with Crippen LogP contribution in [0.5, 0.6) is 0 Å². The zero-order valence-electron chi connectivity index (χ0n) is 12.1. The molecule has 0 unspecified atom stereocenters. The molecule has 23 heavy (non-hydrogen) atoms. The number of anilines is 1. The van der Waals surface area contributed by atoms with Gasteiger partial charge < -0.3 is 5.32 Å². The zero-order chi connectivity index (χ0) is 16.6. The van der Waals surface area contributed by atoms with Gasteiger partial charge in [0.25, 0.3) is 5.91 Å². The van der Waals surface area contributed by atoms with E-state index in [0.29, 0.717) is 44.2 Å². The van der Waals surface area contributed by atoms with Crippen LogP contribution in [-0.2, 0) is 6.42 Å². The molecular weight excluding hydrogens is 357 g/mol. The molecule has 0 aliphatic heterocycles. The van der Waals surface area contributed by atoms with Crippen LogP contribution in [0.2, 0.25) is 15.1 Å². The third kappa shape index (κ3) is 3.29. The van der Waals surface area contributed by atoms with E-state index >= 15 is 0 Å². The number of carbonyl (C=O) groups is 1. The summed E-state index contributed by atoms with van der Waals surface area (Å²) >= 11 is 18.0. The minimum absolute atomic E-state index is 0.296. The van der Waals surface area contributed by atoms with E-state index in [9.17, 15) is 4.79 Å². The molecule has 3 aromatic rings. The van der Waals surface area contributed by atoms with Crippen molar-refractivity contribution in [3.05, 3.63) is 63.0 Å². The molecule has 118 valence electrons. The normalized spacial score (nSPS) is 11.0. The molecule has 1 amide bonds. The van der Waals surface area contributed by atoms with Crippen LogP contribution in [0.25, 0.3) is 5.65 Å². The summed E-state index contributed by atoms with van der Waals surface area (Å²) in [6, 6.07) is 8.38. The van der Waals surface area contributed by atoms with E-state index < -0.39 is 0 Å². The molecule has 0 bridgehead atoms. The molecule has 3 rings (SSSR count). The van der Waals surface area contributed by atoms with Crippen molar-refractivity contribution in [2.75, 3.05) is 5.32 Å². The minimum atomic E-state index is -0.296. The lowest BCUT2D eigenvalue weighted by atomic mass is 10.2. The minimum Gasteiger partial charge on any atom is -0.321 e. The van der Waals surface area contributed by atoms with Gasteiger partial charge in [-0.05, 0) is 36.8 Å². The Bertz CT molecular complexity index is 885. The largest absolute Gasteiger partial charge is 0.321 e. The SMILES string of the molecule is CCc1nc2ccc(Cl)cn2c1C(=O)Nc1cc(Cl)cc(Cl)c1. The Kier molecular flexibility index (Phi) is 4.48. The van der Waals surface area contributed by atoms with Crippen molar-refractivity contribution in [1.82, 2.24) is 9.38 Å². The Morgan fingerprint density at radius 2 is 1.83 bits per heavy atom. The highest BCUT2D eigenvalue weighted by Gasteiger charge is 2.18. The predicted molar refractivity (Wildman–Crippen MR) is 94.0 cm³/mol. The van der Waals surface area contributed by atoms with E-state index in [4.69, 9.17) is 34.8 Å². The average Bonchev–Trinajstić information content (AvgIpc) is 2.83. The topological polar surface area (TPSA) is 46.4 Å². The Hall–Kier alpha value is -1.75. The number of hydrogen-bond donors (Lipinski definition) is 1. The fraction of sp³-hybridized carbons (Fsp3) is 0.125. The standard InChI is InChI=1S/C16H12Cl3N3O/c1-2-13-15(22-8-9(17)3-4-14(22)21-13)16(23)20-12-6-10(18)5-11(19)7-12/h3-8H,2H2,1H3,(H,20,23). The number of hydrogen-bond acceptors (Lipinski definition) is 2. The monoisotopic (exact) mass is 367 g/mol. The maximum atomic E-state index is 12.7. The van der Waals surface area contributed by atoms with Gasteiger partial charge in [0.05, 0.1) is 10.7 Å². The number of pyridine rings is 1. The summed E-state index contributed by atoms with van der Waals surface area (Å²) in [5, 5.41) is 4.22. The molecule has 0 atom stereocenters. The van der Waals surface area contributed by atoms with Crippen LogP contribution in [0, 0.1) is 0 Å². The summed E-state index contributed by atoms with van der Waals surface area (Å²) in [5.41, 5.74) is 2.33. The number of halogens is 3. The molecule has 4 nitrogen and oxygen atoms in total. The van der Waals surface area contributed by atoms with Gasteiger partial charge in [-0.1, -0.05) is 41.7 Å². The molecule has 2 heterocycles. The van der Waals surface area contributed by atoms with Crippen molar-refractivity contribution in [2.24, 2.45) is 0 Å². The van der Waals surface area contributed by atoms with E-state index in [1.54, 1.807) is 40.9 Å². The Morgan fingerprint density at radius 3 is 2.48 bits per heavy atom. The van der Waals surface area contributed by atoms with E-state index in [1.165, 1.54) is 0 Å².